The van der Waals surface area contributed by atoms with Crippen LogP contribution in [0.5, 0.6) is 5.75 Å². The lowest BCUT2D eigenvalue weighted by atomic mass is 9.95. The molecule has 0 aliphatic carbocycles. The number of hydrogen-bond donors (Lipinski definition) is 1. The van der Waals surface area contributed by atoms with Crippen LogP contribution in [0.15, 0.2) is 47.0 Å². The van der Waals surface area contributed by atoms with Crippen LogP contribution in [0.25, 0.3) is 11.4 Å². The van der Waals surface area contributed by atoms with Crippen molar-refractivity contribution in [3.63, 3.8) is 0 Å². The van der Waals surface area contributed by atoms with E-state index in [1.807, 2.05) is 43.3 Å². The maximum atomic E-state index is 12.8. The minimum absolute atomic E-state index is 0.0300. The van der Waals surface area contributed by atoms with E-state index in [1.165, 1.54) is 0 Å². The van der Waals surface area contributed by atoms with E-state index in [9.17, 15) is 4.79 Å². The summed E-state index contributed by atoms with van der Waals surface area (Å²) in [6.45, 7) is 4.11. The molecule has 1 saturated heterocycles. The molecule has 1 fully saturated rings. The van der Waals surface area contributed by atoms with Crippen LogP contribution in [-0.2, 0) is 11.3 Å². The Morgan fingerprint density at radius 3 is 2.77 bits per heavy atom. The van der Waals surface area contributed by atoms with Crippen LogP contribution in [0.4, 0.5) is 5.69 Å². The number of methoxy groups -OCH3 is 1. The molecule has 0 radical (unpaired) electrons. The van der Waals surface area contributed by atoms with Gasteiger partial charge in [0.2, 0.25) is 17.6 Å². The number of benzene rings is 2. The van der Waals surface area contributed by atoms with Gasteiger partial charge in [0.1, 0.15) is 5.75 Å². The second-order valence-corrected chi connectivity index (χ2v) is 8.14. The topological polar surface area (TPSA) is 80.5 Å². The molecule has 0 spiro atoms. The van der Waals surface area contributed by atoms with E-state index < -0.39 is 0 Å². The molecule has 3 aromatic rings. The molecule has 162 valence electrons. The van der Waals surface area contributed by atoms with Crippen LogP contribution in [0, 0.1) is 12.8 Å². The number of halogens is 1. The van der Waals surface area contributed by atoms with Crippen molar-refractivity contribution in [1.82, 2.24) is 15.0 Å². The maximum absolute atomic E-state index is 12.8. The van der Waals surface area contributed by atoms with Gasteiger partial charge in [-0.05, 0) is 62.7 Å². The number of hydrogen-bond acceptors (Lipinski definition) is 6. The monoisotopic (exact) mass is 440 g/mol. The summed E-state index contributed by atoms with van der Waals surface area (Å²) in [6.07, 6.45) is 1.54. The van der Waals surface area contributed by atoms with Crippen LogP contribution in [-0.4, -0.2) is 41.1 Å². The fourth-order valence-electron chi connectivity index (χ4n) is 3.77. The highest BCUT2D eigenvalue weighted by Crippen LogP contribution is 2.28. The van der Waals surface area contributed by atoms with E-state index in [2.05, 4.69) is 20.4 Å². The molecule has 2 aromatic carbocycles. The van der Waals surface area contributed by atoms with Crippen molar-refractivity contribution in [3.8, 4) is 17.1 Å². The second-order valence-electron chi connectivity index (χ2n) is 7.73. The van der Waals surface area contributed by atoms with Crippen molar-refractivity contribution in [2.75, 3.05) is 25.5 Å². The lowest BCUT2D eigenvalue weighted by Gasteiger charge is -2.30. The first-order chi connectivity index (χ1) is 15.0. The van der Waals surface area contributed by atoms with Crippen molar-refractivity contribution in [1.29, 1.82) is 0 Å². The zero-order valence-corrected chi connectivity index (χ0v) is 18.4. The van der Waals surface area contributed by atoms with Gasteiger partial charge in [-0.15, -0.1) is 0 Å². The third kappa shape index (κ3) is 5.06. The Labute approximate surface area is 186 Å². The first-order valence-electron chi connectivity index (χ1n) is 10.3. The molecule has 0 atom stereocenters. The Kier molecular flexibility index (Phi) is 6.53. The number of aryl methyl sites for hydroxylation is 1. The minimum atomic E-state index is -0.0390. The van der Waals surface area contributed by atoms with E-state index in [0.717, 1.165) is 37.1 Å². The lowest BCUT2D eigenvalue weighted by molar-refractivity contribution is -0.121. The van der Waals surface area contributed by atoms with Crippen LogP contribution in [0.3, 0.4) is 0 Å². The number of rotatable bonds is 6. The molecule has 1 aliphatic heterocycles. The van der Waals surface area contributed by atoms with E-state index in [1.54, 1.807) is 13.2 Å². The molecule has 1 amide bonds. The minimum Gasteiger partial charge on any atom is -0.495 e. The average Bonchev–Trinajstić information content (AvgIpc) is 3.23. The third-order valence-corrected chi connectivity index (χ3v) is 5.84. The van der Waals surface area contributed by atoms with Gasteiger partial charge in [0.05, 0.1) is 24.4 Å². The summed E-state index contributed by atoms with van der Waals surface area (Å²) in [5, 5.41) is 7.67. The lowest BCUT2D eigenvalue weighted by Crippen LogP contribution is -2.37. The Bertz CT molecular complexity index is 1060. The van der Waals surface area contributed by atoms with Gasteiger partial charge in [-0.2, -0.15) is 4.98 Å². The van der Waals surface area contributed by atoms with Gasteiger partial charge in [0.25, 0.3) is 0 Å². The standard InChI is InChI=1S/C23H25ClN4O3/c1-15-7-8-20(30-2)19(13-15)25-23(29)16-9-11-28(12-10-16)14-21-26-22(27-31-21)17-5-3-4-6-18(17)24/h3-8,13,16H,9-12,14H2,1-2H3,(H,25,29). The van der Waals surface area contributed by atoms with Gasteiger partial charge in [-0.3, -0.25) is 9.69 Å². The molecule has 4 rings (SSSR count). The fraction of sp³-hybridized carbons (Fsp3) is 0.348. The van der Waals surface area contributed by atoms with Crippen LogP contribution in [0.2, 0.25) is 5.02 Å². The van der Waals surface area contributed by atoms with E-state index in [0.29, 0.717) is 34.7 Å². The highest BCUT2D eigenvalue weighted by atomic mass is 35.5. The number of nitrogens with zero attached hydrogens (tertiary/aromatic N) is 3. The highest BCUT2D eigenvalue weighted by molar-refractivity contribution is 6.33. The number of carbonyl (C=O) groups is 1. The van der Waals surface area contributed by atoms with Crippen molar-refractivity contribution >= 4 is 23.2 Å². The first kappa shape index (κ1) is 21.3. The number of nitrogens with one attached hydrogen (secondary N) is 1. The number of ether oxygens (including phenoxy) is 1. The number of amides is 1. The smallest absolute Gasteiger partial charge is 0.241 e. The molecule has 1 N–H and O–H groups in total. The Hall–Kier alpha value is -2.90. The molecule has 1 aromatic heterocycles. The summed E-state index contributed by atoms with van der Waals surface area (Å²) in [6, 6.07) is 13.2. The van der Waals surface area contributed by atoms with Crippen LogP contribution in [0.1, 0.15) is 24.3 Å². The molecular weight excluding hydrogens is 416 g/mol. The van der Waals surface area contributed by atoms with Crippen LogP contribution >= 0.6 is 11.6 Å². The summed E-state index contributed by atoms with van der Waals surface area (Å²) in [7, 11) is 1.60. The number of carbonyl (C=O) groups excluding carboxylic acids is 1. The largest absolute Gasteiger partial charge is 0.495 e. The van der Waals surface area contributed by atoms with Gasteiger partial charge in [0.15, 0.2) is 0 Å². The van der Waals surface area contributed by atoms with Gasteiger partial charge < -0.3 is 14.6 Å². The zero-order valence-electron chi connectivity index (χ0n) is 17.6. The number of aromatic nitrogens is 2. The summed E-state index contributed by atoms with van der Waals surface area (Å²) < 4.78 is 10.8. The summed E-state index contributed by atoms with van der Waals surface area (Å²) in [4.78, 5) is 19.5. The molecule has 2 heterocycles. The number of piperidine rings is 1. The summed E-state index contributed by atoms with van der Waals surface area (Å²) in [5.41, 5.74) is 2.54. The van der Waals surface area contributed by atoms with Gasteiger partial charge in [-0.25, -0.2) is 0 Å². The van der Waals surface area contributed by atoms with Crippen molar-refractivity contribution in [3.05, 3.63) is 58.9 Å². The molecule has 1 aliphatic rings. The SMILES string of the molecule is COc1ccc(C)cc1NC(=O)C1CCN(Cc2nc(-c3ccccc3Cl)no2)CC1. The van der Waals surface area contributed by atoms with E-state index in [4.69, 9.17) is 20.9 Å². The van der Waals surface area contributed by atoms with Gasteiger partial charge in [0, 0.05) is 11.5 Å². The van der Waals surface area contributed by atoms with Crippen molar-refractivity contribution in [2.24, 2.45) is 5.92 Å². The summed E-state index contributed by atoms with van der Waals surface area (Å²) in [5.74, 6) is 1.69. The average molecular weight is 441 g/mol. The Morgan fingerprint density at radius 2 is 2.03 bits per heavy atom. The summed E-state index contributed by atoms with van der Waals surface area (Å²) >= 11 is 6.21. The van der Waals surface area contributed by atoms with Gasteiger partial charge >= 0.3 is 0 Å². The Balaban J connectivity index is 1.32. The third-order valence-electron chi connectivity index (χ3n) is 5.51. The Morgan fingerprint density at radius 1 is 1.26 bits per heavy atom. The number of likely N-dealkylation sites (tertiary alicyclic amines) is 1. The van der Waals surface area contributed by atoms with E-state index in [-0.39, 0.29) is 11.8 Å². The molecule has 31 heavy (non-hydrogen) atoms. The molecular formula is C23H25ClN4O3. The van der Waals surface area contributed by atoms with Crippen molar-refractivity contribution in [2.45, 2.75) is 26.3 Å². The normalized spacial score (nSPS) is 15.1. The second kappa shape index (κ2) is 9.49. The molecule has 0 bridgehead atoms. The maximum Gasteiger partial charge on any atom is 0.241 e. The predicted octanol–water partition coefficient (Wildman–Crippen LogP) is 4.56. The molecule has 0 saturated carbocycles. The first-order valence-corrected chi connectivity index (χ1v) is 10.7. The number of anilines is 1. The van der Waals surface area contributed by atoms with E-state index >= 15 is 0 Å². The molecule has 8 heteroatoms. The molecule has 7 nitrogen and oxygen atoms in total. The predicted molar refractivity (Wildman–Crippen MR) is 119 cm³/mol. The fourth-order valence-corrected chi connectivity index (χ4v) is 3.99. The quantitative estimate of drug-likeness (QED) is 0.605. The molecule has 0 unspecified atom stereocenters. The highest BCUT2D eigenvalue weighted by Gasteiger charge is 2.26. The van der Waals surface area contributed by atoms with Gasteiger partial charge in [-0.1, -0.05) is 35.0 Å². The zero-order chi connectivity index (χ0) is 21.8. The van der Waals surface area contributed by atoms with Crippen molar-refractivity contribution < 1.29 is 14.1 Å². The van der Waals surface area contributed by atoms with Crippen LogP contribution < -0.4 is 10.1 Å².